The zero-order valence-electron chi connectivity index (χ0n) is 18.4. The Kier molecular flexibility index (Phi) is 8.86. The second-order valence-electron chi connectivity index (χ2n) is 7.16. The summed E-state index contributed by atoms with van der Waals surface area (Å²) in [6.45, 7) is 4.25. The van der Waals surface area contributed by atoms with Crippen LogP contribution in [0.5, 0.6) is 5.75 Å². The molecule has 0 aliphatic heterocycles. The Hall–Kier alpha value is -2.63. The molecule has 1 amide bonds. The number of carbonyl (C=O) groups is 1. The summed E-state index contributed by atoms with van der Waals surface area (Å²) < 4.78 is 20.8. The van der Waals surface area contributed by atoms with E-state index < -0.39 is 5.82 Å². The predicted octanol–water partition coefficient (Wildman–Crippen LogP) is 7.00. The molecule has 0 aliphatic carbocycles. The molecular formula is C23H17Cl3FN5O2S2. The van der Waals surface area contributed by atoms with Crippen LogP contribution in [0.2, 0.25) is 15.1 Å². The third-order valence-corrected chi connectivity index (χ3v) is 7.22. The van der Waals surface area contributed by atoms with Crippen molar-refractivity contribution in [3.05, 3.63) is 81.1 Å². The maximum atomic E-state index is 13.4. The number of ether oxygens (including phenoxy) is 1. The fourth-order valence-electron chi connectivity index (χ4n) is 3.00. The van der Waals surface area contributed by atoms with Crippen molar-refractivity contribution in [3.8, 4) is 17.0 Å². The van der Waals surface area contributed by atoms with Gasteiger partial charge in [-0.1, -0.05) is 52.6 Å². The first-order valence-corrected chi connectivity index (χ1v) is 13.3. The molecule has 186 valence electrons. The zero-order valence-corrected chi connectivity index (χ0v) is 22.3. The number of allylic oxidation sites excluding steroid dienone is 1. The molecular weight excluding hydrogens is 568 g/mol. The van der Waals surface area contributed by atoms with Crippen molar-refractivity contribution in [2.45, 2.75) is 18.3 Å². The van der Waals surface area contributed by atoms with Gasteiger partial charge in [0.15, 0.2) is 16.1 Å². The van der Waals surface area contributed by atoms with Crippen molar-refractivity contribution in [1.29, 1.82) is 0 Å². The average molecular weight is 585 g/mol. The molecule has 2 aromatic carbocycles. The van der Waals surface area contributed by atoms with Gasteiger partial charge < -0.3 is 10.1 Å². The monoisotopic (exact) mass is 583 g/mol. The Morgan fingerprint density at radius 2 is 2.03 bits per heavy atom. The number of aromatic nitrogens is 4. The van der Waals surface area contributed by atoms with Gasteiger partial charge in [-0.15, -0.1) is 28.1 Å². The molecule has 0 unspecified atom stereocenters. The van der Waals surface area contributed by atoms with Crippen LogP contribution < -0.4 is 10.1 Å². The second kappa shape index (κ2) is 12.1. The van der Waals surface area contributed by atoms with E-state index in [1.165, 1.54) is 41.3 Å². The van der Waals surface area contributed by atoms with Gasteiger partial charge in [-0.2, -0.15) is 0 Å². The molecule has 0 radical (unpaired) electrons. The molecule has 2 heterocycles. The number of halogens is 4. The number of nitrogens with zero attached hydrogens (tertiary/aromatic N) is 4. The number of carbonyl (C=O) groups excluding carboxylic acids is 1. The minimum absolute atomic E-state index is 0.0362. The van der Waals surface area contributed by atoms with Crippen LogP contribution in [0.15, 0.2) is 59.6 Å². The van der Waals surface area contributed by atoms with Crippen molar-refractivity contribution in [2.75, 3.05) is 11.1 Å². The van der Waals surface area contributed by atoms with Gasteiger partial charge in [0, 0.05) is 28.6 Å². The molecule has 0 aliphatic rings. The van der Waals surface area contributed by atoms with Crippen LogP contribution in [-0.2, 0) is 17.9 Å². The van der Waals surface area contributed by atoms with E-state index in [1.807, 2.05) is 0 Å². The molecule has 2 aromatic heterocycles. The van der Waals surface area contributed by atoms with E-state index in [4.69, 9.17) is 39.5 Å². The lowest BCUT2D eigenvalue weighted by molar-refractivity contribution is -0.113. The van der Waals surface area contributed by atoms with Crippen LogP contribution in [0.1, 0.15) is 5.82 Å². The summed E-state index contributed by atoms with van der Waals surface area (Å²) in [7, 11) is 0. The van der Waals surface area contributed by atoms with E-state index in [1.54, 1.807) is 34.2 Å². The van der Waals surface area contributed by atoms with Crippen LogP contribution in [0, 0.1) is 5.82 Å². The summed E-state index contributed by atoms with van der Waals surface area (Å²) in [6, 6.07) is 9.22. The van der Waals surface area contributed by atoms with Crippen LogP contribution in [-0.4, -0.2) is 31.4 Å². The van der Waals surface area contributed by atoms with E-state index in [9.17, 15) is 9.18 Å². The molecule has 0 bridgehead atoms. The van der Waals surface area contributed by atoms with Gasteiger partial charge in [0.1, 0.15) is 18.2 Å². The van der Waals surface area contributed by atoms with E-state index in [2.05, 4.69) is 27.1 Å². The fourth-order valence-corrected chi connectivity index (χ4v) is 5.17. The van der Waals surface area contributed by atoms with Gasteiger partial charge in [-0.25, -0.2) is 9.37 Å². The van der Waals surface area contributed by atoms with Crippen molar-refractivity contribution < 1.29 is 13.9 Å². The highest BCUT2D eigenvalue weighted by Gasteiger charge is 2.16. The van der Waals surface area contributed by atoms with Crippen LogP contribution in [0.4, 0.5) is 9.52 Å². The smallest absolute Gasteiger partial charge is 0.236 e. The second-order valence-corrected chi connectivity index (χ2v) is 10.2. The third-order valence-electron chi connectivity index (χ3n) is 4.65. The summed E-state index contributed by atoms with van der Waals surface area (Å²) in [6.07, 6.45) is 1.69. The molecule has 0 saturated carbocycles. The first kappa shape index (κ1) is 26.4. The Labute approximate surface area is 229 Å². The molecule has 1 N–H and O–H groups in total. The maximum Gasteiger partial charge on any atom is 0.236 e. The van der Waals surface area contributed by atoms with Gasteiger partial charge in [0.05, 0.1) is 21.5 Å². The van der Waals surface area contributed by atoms with E-state index >= 15 is 0 Å². The van der Waals surface area contributed by atoms with Gasteiger partial charge >= 0.3 is 0 Å². The summed E-state index contributed by atoms with van der Waals surface area (Å²) in [5.74, 6) is 0.211. The summed E-state index contributed by atoms with van der Waals surface area (Å²) in [4.78, 5) is 17.0. The van der Waals surface area contributed by atoms with E-state index in [-0.39, 0.29) is 23.3 Å². The zero-order chi connectivity index (χ0) is 25.7. The SMILES string of the molecule is C=CCn1c(COc2ccc(F)c(Cl)c2)nnc1SCC(=O)Nc1nc(-c2ccc(Cl)cc2Cl)cs1. The van der Waals surface area contributed by atoms with Gasteiger partial charge in [0.25, 0.3) is 0 Å². The topological polar surface area (TPSA) is 81.9 Å². The number of anilines is 1. The Bertz CT molecular complexity index is 1410. The number of amides is 1. The Balaban J connectivity index is 1.36. The molecule has 7 nitrogen and oxygen atoms in total. The van der Waals surface area contributed by atoms with E-state index in [0.717, 1.165) is 5.56 Å². The lowest BCUT2D eigenvalue weighted by Gasteiger charge is -2.09. The fraction of sp³-hybridized carbons (Fsp3) is 0.130. The van der Waals surface area contributed by atoms with Crippen molar-refractivity contribution in [2.24, 2.45) is 0 Å². The first-order chi connectivity index (χ1) is 17.3. The number of hydrogen-bond donors (Lipinski definition) is 1. The lowest BCUT2D eigenvalue weighted by Crippen LogP contribution is -2.15. The number of hydrogen-bond acceptors (Lipinski definition) is 7. The van der Waals surface area contributed by atoms with Gasteiger partial charge in [0.2, 0.25) is 5.91 Å². The highest BCUT2D eigenvalue weighted by Crippen LogP contribution is 2.32. The number of thiazole rings is 1. The molecule has 0 atom stereocenters. The van der Waals surface area contributed by atoms with Crippen molar-refractivity contribution >= 4 is 68.9 Å². The molecule has 4 rings (SSSR count). The standard InChI is InChI=1S/C23H17Cl3FN5O2S2/c1-2-7-32-20(10-34-14-4-6-18(27)17(26)9-14)30-31-23(32)36-12-21(33)29-22-28-19(11-35-22)15-5-3-13(24)8-16(15)25/h2-6,8-9,11H,1,7,10,12H2,(H,28,29,33). The minimum Gasteiger partial charge on any atom is -0.486 e. The first-order valence-electron chi connectivity index (χ1n) is 10.3. The van der Waals surface area contributed by atoms with Gasteiger partial charge in [-0.3, -0.25) is 9.36 Å². The van der Waals surface area contributed by atoms with Gasteiger partial charge in [-0.05, 0) is 30.3 Å². The summed E-state index contributed by atoms with van der Waals surface area (Å²) >= 11 is 20.5. The Morgan fingerprint density at radius 1 is 1.19 bits per heavy atom. The highest BCUT2D eigenvalue weighted by atomic mass is 35.5. The largest absolute Gasteiger partial charge is 0.486 e. The normalized spacial score (nSPS) is 10.9. The Morgan fingerprint density at radius 3 is 2.78 bits per heavy atom. The van der Waals surface area contributed by atoms with E-state index in [0.29, 0.717) is 44.1 Å². The maximum absolute atomic E-state index is 13.4. The average Bonchev–Trinajstić information content (AvgIpc) is 3.45. The number of thioether (sulfide) groups is 1. The minimum atomic E-state index is -0.529. The quantitative estimate of drug-likeness (QED) is 0.160. The molecule has 0 spiro atoms. The molecule has 13 heteroatoms. The number of nitrogens with one attached hydrogen (secondary N) is 1. The van der Waals surface area contributed by atoms with Crippen molar-refractivity contribution in [3.63, 3.8) is 0 Å². The van der Waals surface area contributed by atoms with Crippen molar-refractivity contribution in [1.82, 2.24) is 19.7 Å². The van der Waals surface area contributed by atoms with Crippen LogP contribution in [0.25, 0.3) is 11.3 Å². The third kappa shape index (κ3) is 6.57. The molecule has 4 aromatic rings. The predicted molar refractivity (Wildman–Crippen MR) is 143 cm³/mol. The lowest BCUT2D eigenvalue weighted by atomic mass is 10.2. The molecule has 0 saturated heterocycles. The molecule has 0 fully saturated rings. The summed E-state index contributed by atoms with van der Waals surface area (Å²) in [5, 5.41) is 14.8. The summed E-state index contributed by atoms with van der Waals surface area (Å²) in [5.41, 5.74) is 1.37. The number of rotatable bonds is 10. The van der Waals surface area contributed by atoms with Crippen LogP contribution in [0.3, 0.4) is 0 Å². The highest BCUT2D eigenvalue weighted by molar-refractivity contribution is 7.99. The number of benzene rings is 2. The van der Waals surface area contributed by atoms with Crippen LogP contribution >= 0.6 is 57.9 Å². The molecule has 36 heavy (non-hydrogen) atoms.